The molecule has 2 aromatic carbocycles. The molecule has 0 saturated heterocycles. The molecule has 0 atom stereocenters. The standard InChI is InChI=1S/C25H20BrNO5S/c1-3-14-5-7-15(8-6-14)19-13-33-23(21(19)25(30)31-4-2)27-22(28)18-12-16-11-17(26)9-10-20(16)32-24(18)29/h5-13H,3-4H2,1-2H3,(H,27,28). The Balaban J connectivity index is 1.73. The number of esters is 1. The second kappa shape index (κ2) is 9.72. The Morgan fingerprint density at radius 1 is 1.09 bits per heavy atom. The zero-order valence-corrected chi connectivity index (χ0v) is 20.3. The number of aryl methyl sites for hydroxylation is 1. The summed E-state index contributed by atoms with van der Waals surface area (Å²) >= 11 is 4.57. The SMILES string of the molecule is CCOC(=O)c1c(-c2ccc(CC)cc2)csc1NC(=O)c1cc2cc(Br)ccc2oc1=O. The van der Waals surface area contributed by atoms with Crippen LogP contribution in [0.25, 0.3) is 22.1 Å². The maximum Gasteiger partial charge on any atom is 0.349 e. The van der Waals surface area contributed by atoms with E-state index in [0.717, 1.165) is 16.5 Å². The number of benzene rings is 2. The number of ether oxygens (including phenoxy) is 1. The van der Waals surface area contributed by atoms with Gasteiger partial charge in [-0.1, -0.05) is 47.1 Å². The van der Waals surface area contributed by atoms with Crippen molar-refractivity contribution < 1.29 is 18.7 Å². The summed E-state index contributed by atoms with van der Waals surface area (Å²) in [4.78, 5) is 38.2. The van der Waals surface area contributed by atoms with Crippen molar-refractivity contribution in [2.75, 3.05) is 11.9 Å². The van der Waals surface area contributed by atoms with Gasteiger partial charge in [0.25, 0.3) is 5.91 Å². The van der Waals surface area contributed by atoms with Gasteiger partial charge in [0.05, 0.1) is 6.61 Å². The number of carbonyl (C=O) groups is 2. The first-order valence-corrected chi connectivity index (χ1v) is 12.0. The fraction of sp³-hybridized carbons (Fsp3) is 0.160. The molecule has 0 fully saturated rings. The molecule has 0 aliphatic carbocycles. The summed E-state index contributed by atoms with van der Waals surface area (Å²) in [6, 6.07) is 14.5. The second-order valence-electron chi connectivity index (χ2n) is 7.21. The van der Waals surface area contributed by atoms with E-state index in [4.69, 9.17) is 9.15 Å². The number of anilines is 1. The van der Waals surface area contributed by atoms with Crippen LogP contribution in [0.1, 0.15) is 40.1 Å². The Hall–Kier alpha value is -3.23. The number of halogens is 1. The molecule has 6 nitrogen and oxygen atoms in total. The number of thiophene rings is 1. The summed E-state index contributed by atoms with van der Waals surface area (Å²) in [7, 11) is 0. The fourth-order valence-electron chi connectivity index (χ4n) is 3.41. The zero-order valence-electron chi connectivity index (χ0n) is 17.9. The van der Waals surface area contributed by atoms with Crippen LogP contribution in [0.3, 0.4) is 0 Å². The number of hydrogen-bond donors (Lipinski definition) is 1. The third-order valence-electron chi connectivity index (χ3n) is 5.11. The minimum atomic E-state index is -0.757. The number of carbonyl (C=O) groups excluding carboxylic acids is 2. The molecule has 4 rings (SSSR count). The van der Waals surface area contributed by atoms with Crippen LogP contribution in [-0.2, 0) is 11.2 Å². The third kappa shape index (κ3) is 4.77. The van der Waals surface area contributed by atoms with E-state index in [1.165, 1.54) is 23.0 Å². The maximum atomic E-state index is 13.0. The van der Waals surface area contributed by atoms with Gasteiger partial charge in [0.2, 0.25) is 0 Å². The third-order valence-corrected chi connectivity index (χ3v) is 6.50. The molecular weight excluding hydrogens is 506 g/mol. The monoisotopic (exact) mass is 525 g/mol. The van der Waals surface area contributed by atoms with Crippen LogP contribution in [0.2, 0.25) is 0 Å². The quantitative estimate of drug-likeness (QED) is 0.236. The first kappa shape index (κ1) is 22.9. The van der Waals surface area contributed by atoms with E-state index in [1.54, 1.807) is 30.5 Å². The molecule has 0 bridgehead atoms. The van der Waals surface area contributed by atoms with E-state index in [9.17, 15) is 14.4 Å². The summed E-state index contributed by atoms with van der Waals surface area (Å²) in [6.07, 6.45) is 0.904. The Morgan fingerprint density at radius 3 is 2.55 bits per heavy atom. The van der Waals surface area contributed by atoms with Gasteiger partial charge in [-0.3, -0.25) is 4.79 Å². The number of amides is 1. The van der Waals surface area contributed by atoms with Gasteiger partial charge in [-0.05, 0) is 48.7 Å². The van der Waals surface area contributed by atoms with Crippen LogP contribution in [-0.4, -0.2) is 18.5 Å². The fourth-order valence-corrected chi connectivity index (χ4v) is 4.74. The highest BCUT2D eigenvalue weighted by atomic mass is 79.9. The van der Waals surface area contributed by atoms with E-state index in [0.29, 0.717) is 21.5 Å². The van der Waals surface area contributed by atoms with Crippen LogP contribution in [0.4, 0.5) is 5.00 Å². The minimum Gasteiger partial charge on any atom is -0.462 e. The smallest absolute Gasteiger partial charge is 0.349 e. The van der Waals surface area contributed by atoms with Gasteiger partial charge in [0, 0.05) is 20.8 Å². The molecule has 0 aliphatic rings. The van der Waals surface area contributed by atoms with E-state index >= 15 is 0 Å². The molecule has 0 saturated carbocycles. The van der Waals surface area contributed by atoms with E-state index < -0.39 is 17.5 Å². The number of rotatable bonds is 6. The van der Waals surface area contributed by atoms with Crippen molar-refractivity contribution in [1.29, 1.82) is 0 Å². The molecule has 8 heteroatoms. The zero-order chi connectivity index (χ0) is 23.5. The van der Waals surface area contributed by atoms with Crippen LogP contribution in [0.5, 0.6) is 0 Å². The van der Waals surface area contributed by atoms with Gasteiger partial charge in [0.1, 0.15) is 21.7 Å². The molecule has 168 valence electrons. The van der Waals surface area contributed by atoms with Crippen LogP contribution in [0, 0.1) is 0 Å². The predicted octanol–water partition coefficient (Wildman–Crippen LogP) is 6.28. The molecule has 0 aliphatic heterocycles. The normalized spacial score (nSPS) is 10.9. The van der Waals surface area contributed by atoms with Crippen molar-refractivity contribution in [3.63, 3.8) is 0 Å². The van der Waals surface area contributed by atoms with Crippen molar-refractivity contribution >= 4 is 55.1 Å². The number of fused-ring (bicyclic) bond motifs is 1. The van der Waals surface area contributed by atoms with Gasteiger partial charge in [0.15, 0.2) is 0 Å². The summed E-state index contributed by atoms with van der Waals surface area (Å²) < 4.78 is 11.3. The van der Waals surface area contributed by atoms with Crippen molar-refractivity contribution in [3.05, 3.63) is 85.5 Å². The van der Waals surface area contributed by atoms with Gasteiger partial charge in [-0.25, -0.2) is 9.59 Å². The Morgan fingerprint density at radius 2 is 1.85 bits per heavy atom. The largest absolute Gasteiger partial charge is 0.462 e. The molecule has 1 amide bonds. The maximum absolute atomic E-state index is 13.0. The average molecular weight is 526 g/mol. The van der Waals surface area contributed by atoms with E-state index in [2.05, 4.69) is 28.2 Å². The molecule has 2 aromatic heterocycles. The molecule has 0 unspecified atom stereocenters. The summed E-state index contributed by atoms with van der Waals surface area (Å²) in [6.45, 7) is 3.98. The molecular formula is C25H20BrNO5S. The van der Waals surface area contributed by atoms with Gasteiger partial charge in [-0.15, -0.1) is 11.3 Å². The van der Waals surface area contributed by atoms with Crippen LogP contribution in [0.15, 0.2) is 67.6 Å². The molecule has 0 spiro atoms. The van der Waals surface area contributed by atoms with E-state index in [1.807, 2.05) is 24.3 Å². The lowest BCUT2D eigenvalue weighted by atomic mass is 10.0. The first-order valence-electron chi connectivity index (χ1n) is 10.3. The highest BCUT2D eigenvalue weighted by molar-refractivity contribution is 9.10. The lowest BCUT2D eigenvalue weighted by Gasteiger charge is -2.09. The molecule has 4 aromatic rings. The summed E-state index contributed by atoms with van der Waals surface area (Å²) in [5.74, 6) is -1.20. The van der Waals surface area contributed by atoms with Crippen molar-refractivity contribution in [2.45, 2.75) is 20.3 Å². The highest BCUT2D eigenvalue weighted by Crippen LogP contribution is 2.36. The van der Waals surface area contributed by atoms with Gasteiger partial charge in [-0.2, -0.15) is 0 Å². The average Bonchev–Trinajstić information content (AvgIpc) is 3.22. The van der Waals surface area contributed by atoms with Gasteiger partial charge < -0.3 is 14.5 Å². The first-order chi connectivity index (χ1) is 15.9. The minimum absolute atomic E-state index is 0.155. The molecule has 0 radical (unpaired) electrons. The van der Waals surface area contributed by atoms with E-state index in [-0.39, 0.29) is 17.7 Å². The molecule has 1 N–H and O–H groups in total. The molecule has 33 heavy (non-hydrogen) atoms. The summed E-state index contributed by atoms with van der Waals surface area (Å²) in [5.41, 5.74) is 2.39. The lowest BCUT2D eigenvalue weighted by molar-refractivity contribution is 0.0529. The number of hydrogen-bond acceptors (Lipinski definition) is 6. The lowest BCUT2D eigenvalue weighted by Crippen LogP contribution is -2.21. The topological polar surface area (TPSA) is 85.6 Å². The number of nitrogens with one attached hydrogen (secondary N) is 1. The van der Waals surface area contributed by atoms with Crippen LogP contribution >= 0.6 is 27.3 Å². The van der Waals surface area contributed by atoms with Crippen molar-refractivity contribution in [3.8, 4) is 11.1 Å². The Labute approximate surface area is 202 Å². The van der Waals surface area contributed by atoms with Gasteiger partial charge >= 0.3 is 11.6 Å². The Kier molecular flexibility index (Phi) is 6.76. The Bertz CT molecular complexity index is 1400. The molecule has 2 heterocycles. The predicted molar refractivity (Wildman–Crippen MR) is 133 cm³/mol. The van der Waals surface area contributed by atoms with Crippen molar-refractivity contribution in [1.82, 2.24) is 0 Å². The summed E-state index contributed by atoms with van der Waals surface area (Å²) in [5, 5.41) is 5.41. The van der Waals surface area contributed by atoms with Crippen LogP contribution < -0.4 is 10.9 Å². The highest BCUT2D eigenvalue weighted by Gasteiger charge is 2.24. The second-order valence-corrected chi connectivity index (χ2v) is 9.00. The van der Waals surface area contributed by atoms with Crippen molar-refractivity contribution in [2.24, 2.45) is 0 Å².